The van der Waals surface area contributed by atoms with Gasteiger partial charge in [-0.15, -0.1) is 0 Å². The minimum absolute atomic E-state index is 0.0578. The van der Waals surface area contributed by atoms with Crippen LogP contribution >= 0.6 is 0 Å². The van der Waals surface area contributed by atoms with Crippen LogP contribution in [-0.4, -0.2) is 62.0 Å². The normalized spacial score (nSPS) is 31.5. The molecule has 0 aliphatic carbocycles. The Hall–Kier alpha value is -2.27. The molecule has 0 unspecified atom stereocenters. The standard InChI is InChI=1S/C12H13NO9/c14-7-8(15)10(11(17)18)22-12(9(7)16)21-6-3-1-5(2-4-6)13(19)20/h1-4,7-10,12,14-16H,(H,17,18)/t7-,8-,9+,10-,12-/m1/s1. The maximum absolute atomic E-state index is 10.9. The van der Waals surface area contributed by atoms with Crippen LogP contribution in [0.5, 0.6) is 5.75 Å². The molecule has 4 N–H and O–H groups in total. The molecule has 0 saturated carbocycles. The molecule has 1 fully saturated rings. The average molecular weight is 315 g/mol. The minimum atomic E-state index is -1.82. The van der Waals surface area contributed by atoms with E-state index in [1.165, 1.54) is 12.1 Å². The monoisotopic (exact) mass is 315 g/mol. The number of ether oxygens (including phenoxy) is 2. The van der Waals surface area contributed by atoms with Crippen LogP contribution in [0.4, 0.5) is 5.69 Å². The van der Waals surface area contributed by atoms with Gasteiger partial charge in [0.15, 0.2) is 6.10 Å². The Morgan fingerprint density at radius 2 is 1.73 bits per heavy atom. The first-order valence-electron chi connectivity index (χ1n) is 6.15. The summed E-state index contributed by atoms with van der Waals surface area (Å²) in [4.78, 5) is 20.8. The maximum atomic E-state index is 10.9. The number of nitro groups is 1. The van der Waals surface area contributed by atoms with Crippen molar-refractivity contribution in [1.82, 2.24) is 0 Å². The number of aliphatic hydroxyl groups excluding tert-OH is 3. The highest BCUT2D eigenvalue weighted by atomic mass is 16.7. The second kappa shape index (κ2) is 6.23. The van der Waals surface area contributed by atoms with Gasteiger partial charge in [-0.2, -0.15) is 0 Å². The summed E-state index contributed by atoms with van der Waals surface area (Å²) >= 11 is 0. The maximum Gasteiger partial charge on any atom is 0.335 e. The Morgan fingerprint density at radius 3 is 2.23 bits per heavy atom. The topological polar surface area (TPSA) is 160 Å². The van der Waals surface area contributed by atoms with E-state index in [2.05, 4.69) is 0 Å². The van der Waals surface area contributed by atoms with Crippen LogP contribution < -0.4 is 4.74 Å². The molecule has 0 amide bonds. The predicted octanol–water partition coefficient (Wildman–Crippen LogP) is -1.13. The number of non-ortho nitro benzene ring substituents is 1. The third-order valence-electron chi connectivity index (χ3n) is 3.11. The number of aliphatic hydroxyl groups is 3. The molecule has 2 rings (SSSR count). The van der Waals surface area contributed by atoms with Gasteiger partial charge in [-0.25, -0.2) is 4.79 Å². The first-order valence-corrected chi connectivity index (χ1v) is 6.15. The first kappa shape index (κ1) is 16.1. The van der Waals surface area contributed by atoms with Crippen molar-refractivity contribution < 1.29 is 39.6 Å². The molecule has 0 aromatic heterocycles. The molecule has 22 heavy (non-hydrogen) atoms. The van der Waals surface area contributed by atoms with Crippen LogP contribution in [-0.2, 0) is 9.53 Å². The van der Waals surface area contributed by atoms with Crippen molar-refractivity contribution in [3.05, 3.63) is 34.4 Å². The number of carboxylic acids is 1. The number of carboxylic acid groups (broad SMARTS) is 1. The van der Waals surface area contributed by atoms with Crippen LogP contribution in [0.1, 0.15) is 0 Å². The summed E-state index contributed by atoms with van der Waals surface area (Å²) in [6.07, 6.45) is -8.62. The second-order valence-electron chi connectivity index (χ2n) is 4.60. The molecule has 5 atom stereocenters. The van der Waals surface area contributed by atoms with Crippen molar-refractivity contribution in [3.8, 4) is 5.75 Å². The Kier molecular flexibility index (Phi) is 4.56. The molecule has 1 aliphatic rings. The number of hydrogen-bond acceptors (Lipinski definition) is 8. The summed E-state index contributed by atoms with van der Waals surface area (Å²) < 4.78 is 10.1. The van der Waals surface area contributed by atoms with Crippen LogP contribution in [0, 0.1) is 10.1 Å². The first-order chi connectivity index (χ1) is 10.3. The number of carbonyl (C=O) groups is 1. The molecular weight excluding hydrogens is 302 g/mol. The van der Waals surface area contributed by atoms with Gasteiger partial charge in [-0.1, -0.05) is 0 Å². The lowest BCUT2D eigenvalue weighted by molar-refractivity contribution is -0.384. The van der Waals surface area contributed by atoms with Crippen LogP contribution in [0.15, 0.2) is 24.3 Å². The second-order valence-corrected chi connectivity index (χ2v) is 4.60. The number of hydrogen-bond donors (Lipinski definition) is 4. The number of nitrogens with zero attached hydrogens (tertiary/aromatic N) is 1. The van der Waals surface area contributed by atoms with E-state index in [0.717, 1.165) is 12.1 Å². The van der Waals surface area contributed by atoms with E-state index in [0.29, 0.717) is 0 Å². The van der Waals surface area contributed by atoms with Crippen LogP contribution in [0.2, 0.25) is 0 Å². The Balaban J connectivity index is 2.13. The minimum Gasteiger partial charge on any atom is -0.479 e. The molecule has 10 heteroatoms. The Bertz CT molecular complexity index is 560. The van der Waals surface area contributed by atoms with E-state index in [4.69, 9.17) is 14.6 Å². The quantitative estimate of drug-likeness (QED) is 0.398. The lowest BCUT2D eigenvalue weighted by Crippen LogP contribution is -2.61. The fourth-order valence-corrected chi connectivity index (χ4v) is 1.93. The Morgan fingerprint density at radius 1 is 1.14 bits per heavy atom. The summed E-state index contributed by atoms with van der Waals surface area (Å²) in [6, 6.07) is 4.73. The van der Waals surface area contributed by atoms with Gasteiger partial charge < -0.3 is 29.9 Å². The van der Waals surface area contributed by atoms with E-state index < -0.39 is 41.6 Å². The average Bonchev–Trinajstić information content (AvgIpc) is 2.48. The lowest BCUT2D eigenvalue weighted by Gasteiger charge is -2.38. The fraction of sp³-hybridized carbons (Fsp3) is 0.417. The number of benzene rings is 1. The van der Waals surface area contributed by atoms with Gasteiger partial charge in [0.05, 0.1) is 4.92 Å². The van der Waals surface area contributed by atoms with Gasteiger partial charge in [0.1, 0.15) is 24.1 Å². The zero-order chi connectivity index (χ0) is 16.4. The van der Waals surface area contributed by atoms with Crippen LogP contribution in [0.3, 0.4) is 0 Å². The van der Waals surface area contributed by atoms with E-state index >= 15 is 0 Å². The SMILES string of the molecule is O=C(O)[C@@H]1O[C@@H](Oc2ccc([N+](=O)[O-])cc2)[C@@H](O)[C@H](O)[C@H]1O. The molecule has 0 spiro atoms. The van der Waals surface area contributed by atoms with Gasteiger partial charge >= 0.3 is 5.97 Å². The molecule has 1 saturated heterocycles. The highest BCUT2D eigenvalue weighted by molar-refractivity contribution is 5.73. The highest BCUT2D eigenvalue weighted by Crippen LogP contribution is 2.25. The summed E-state index contributed by atoms with van der Waals surface area (Å²) in [7, 11) is 0. The number of rotatable bonds is 4. The van der Waals surface area contributed by atoms with Gasteiger partial charge in [0, 0.05) is 12.1 Å². The van der Waals surface area contributed by atoms with Crippen LogP contribution in [0.25, 0.3) is 0 Å². The van der Waals surface area contributed by atoms with Crippen molar-refractivity contribution in [2.45, 2.75) is 30.7 Å². The molecule has 10 nitrogen and oxygen atoms in total. The number of aliphatic carboxylic acids is 1. The van der Waals surface area contributed by atoms with E-state index in [-0.39, 0.29) is 11.4 Å². The fourth-order valence-electron chi connectivity index (χ4n) is 1.93. The highest BCUT2D eigenvalue weighted by Gasteiger charge is 2.48. The van der Waals surface area contributed by atoms with Crippen molar-refractivity contribution in [3.63, 3.8) is 0 Å². The molecular formula is C12H13NO9. The van der Waals surface area contributed by atoms with Crippen molar-refractivity contribution in [2.24, 2.45) is 0 Å². The third-order valence-corrected chi connectivity index (χ3v) is 3.11. The van der Waals surface area contributed by atoms with Gasteiger partial charge in [-0.05, 0) is 12.1 Å². The molecule has 1 aliphatic heterocycles. The van der Waals surface area contributed by atoms with Gasteiger partial charge in [-0.3, -0.25) is 10.1 Å². The Labute approximate surface area is 123 Å². The lowest BCUT2D eigenvalue weighted by atomic mass is 9.99. The summed E-state index contributed by atoms with van der Waals surface area (Å²) in [5.41, 5.74) is -0.184. The molecule has 0 radical (unpaired) electrons. The molecule has 0 bridgehead atoms. The molecule has 1 aromatic rings. The summed E-state index contributed by atoms with van der Waals surface area (Å²) in [5, 5.41) is 48.3. The van der Waals surface area contributed by atoms with Gasteiger partial charge in [0.2, 0.25) is 6.29 Å². The van der Waals surface area contributed by atoms with E-state index in [9.17, 15) is 30.2 Å². The van der Waals surface area contributed by atoms with E-state index in [1.54, 1.807) is 0 Å². The molecule has 120 valence electrons. The van der Waals surface area contributed by atoms with Crippen molar-refractivity contribution in [2.75, 3.05) is 0 Å². The predicted molar refractivity (Wildman–Crippen MR) is 68.0 cm³/mol. The molecule has 1 heterocycles. The van der Waals surface area contributed by atoms with Gasteiger partial charge in [0.25, 0.3) is 5.69 Å². The molecule has 1 aromatic carbocycles. The zero-order valence-electron chi connectivity index (χ0n) is 11.0. The summed E-state index contributed by atoms with van der Waals surface area (Å²) in [6.45, 7) is 0. The largest absolute Gasteiger partial charge is 0.479 e. The number of nitro benzene ring substituents is 1. The smallest absolute Gasteiger partial charge is 0.335 e. The van der Waals surface area contributed by atoms with E-state index in [1.807, 2.05) is 0 Å². The third kappa shape index (κ3) is 3.14. The summed E-state index contributed by atoms with van der Waals surface area (Å²) in [5.74, 6) is -1.47. The van der Waals surface area contributed by atoms with Crippen molar-refractivity contribution in [1.29, 1.82) is 0 Å². The zero-order valence-corrected chi connectivity index (χ0v) is 11.0. The van der Waals surface area contributed by atoms with Crippen molar-refractivity contribution >= 4 is 11.7 Å².